The molecule has 1 fully saturated rings. The number of rotatable bonds is 1. The fourth-order valence-electron chi connectivity index (χ4n) is 3.99. The van der Waals surface area contributed by atoms with Gasteiger partial charge in [-0.3, -0.25) is 0 Å². The number of aromatic nitrogens is 1. The van der Waals surface area contributed by atoms with Crippen LogP contribution >= 0.6 is 0 Å². The number of aliphatic imine (C=N–C) groups is 1. The number of pyridine rings is 1. The second-order valence-corrected chi connectivity index (χ2v) is 6.89. The molecular formula is C19H19N3O4. The summed E-state index contributed by atoms with van der Waals surface area (Å²) in [6, 6.07) is 7.18. The van der Waals surface area contributed by atoms with E-state index in [-0.39, 0.29) is 18.4 Å². The standard InChI is InChI=1S/C19H19N3O4/c20-18-22-19(10-25-18)14-8-13(23)1-2-16(14)26-17-15(19)7-12(9-21-17)11-3-5-24-6-4-11/h1-2,7-9,11,23H,3-6,10H2,(H2,20,22)/t19-/m0/s1. The molecule has 0 saturated carbocycles. The summed E-state index contributed by atoms with van der Waals surface area (Å²) in [5, 5.41) is 10.00. The average Bonchev–Trinajstić information content (AvgIpc) is 3.06. The quantitative estimate of drug-likeness (QED) is 0.817. The van der Waals surface area contributed by atoms with E-state index in [4.69, 9.17) is 19.9 Å². The highest BCUT2D eigenvalue weighted by Crippen LogP contribution is 2.51. The third-order valence-corrected chi connectivity index (χ3v) is 5.36. The summed E-state index contributed by atoms with van der Waals surface area (Å²) in [5.41, 5.74) is 7.70. The first-order valence-electron chi connectivity index (χ1n) is 8.73. The van der Waals surface area contributed by atoms with Crippen LogP contribution in [0.4, 0.5) is 0 Å². The maximum Gasteiger partial charge on any atom is 0.283 e. The van der Waals surface area contributed by atoms with Gasteiger partial charge in [0, 0.05) is 25.0 Å². The number of nitrogens with zero attached hydrogens (tertiary/aromatic N) is 2. The molecule has 1 saturated heterocycles. The van der Waals surface area contributed by atoms with E-state index in [1.54, 1.807) is 18.2 Å². The highest BCUT2D eigenvalue weighted by molar-refractivity contribution is 5.76. The predicted octanol–water partition coefficient (Wildman–Crippen LogP) is 2.38. The van der Waals surface area contributed by atoms with Crippen LogP contribution in [-0.2, 0) is 15.0 Å². The second-order valence-electron chi connectivity index (χ2n) is 6.89. The van der Waals surface area contributed by atoms with Gasteiger partial charge in [-0.15, -0.1) is 0 Å². The van der Waals surface area contributed by atoms with E-state index >= 15 is 0 Å². The average molecular weight is 353 g/mol. The molecule has 4 heterocycles. The van der Waals surface area contributed by atoms with Crippen molar-refractivity contribution in [2.24, 2.45) is 10.7 Å². The Balaban J connectivity index is 1.68. The molecule has 1 aromatic carbocycles. The first-order chi connectivity index (χ1) is 12.7. The number of hydrogen-bond donors (Lipinski definition) is 2. The van der Waals surface area contributed by atoms with Crippen molar-refractivity contribution < 1.29 is 19.3 Å². The number of aromatic hydroxyl groups is 1. The van der Waals surface area contributed by atoms with Gasteiger partial charge in [-0.2, -0.15) is 0 Å². The number of ether oxygens (including phenoxy) is 3. The van der Waals surface area contributed by atoms with Crippen molar-refractivity contribution >= 4 is 6.02 Å². The van der Waals surface area contributed by atoms with Gasteiger partial charge in [-0.1, -0.05) is 0 Å². The summed E-state index contributed by atoms with van der Waals surface area (Å²) in [6.07, 6.45) is 3.80. The molecule has 2 aromatic rings. The molecule has 7 nitrogen and oxygen atoms in total. The van der Waals surface area contributed by atoms with E-state index < -0.39 is 5.54 Å². The van der Waals surface area contributed by atoms with E-state index in [0.29, 0.717) is 17.5 Å². The number of amidine groups is 1. The van der Waals surface area contributed by atoms with Gasteiger partial charge >= 0.3 is 0 Å². The molecule has 1 spiro atoms. The molecule has 3 aliphatic rings. The van der Waals surface area contributed by atoms with Crippen LogP contribution in [0.25, 0.3) is 0 Å². The van der Waals surface area contributed by atoms with E-state index in [2.05, 4.69) is 16.0 Å². The van der Waals surface area contributed by atoms with Crippen molar-refractivity contribution in [3.63, 3.8) is 0 Å². The minimum absolute atomic E-state index is 0.128. The smallest absolute Gasteiger partial charge is 0.283 e. The first-order valence-corrected chi connectivity index (χ1v) is 8.73. The van der Waals surface area contributed by atoms with Gasteiger partial charge in [0.2, 0.25) is 5.88 Å². The lowest BCUT2D eigenvalue weighted by Crippen LogP contribution is -2.31. The van der Waals surface area contributed by atoms with Crippen molar-refractivity contribution in [2.75, 3.05) is 19.8 Å². The highest BCUT2D eigenvalue weighted by Gasteiger charge is 2.48. The van der Waals surface area contributed by atoms with Crippen molar-refractivity contribution in [1.82, 2.24) is 4.98 Å². The predicted molar refractivity (Wildman–Crippen MR) is 93.6 cm³/mol. The maximum atomic E-state index is 10.00. The summed E-state index contributed by atoms with van der Waals surface area (Å²) in [5.74, 6) is 1.64. The Kier molecular flexibility index (Phi) is 3.33. The largest absolute Gasteiger partial charge is 0.508 e. The van der Waals surface area contributed by atoms with E-state index in [0.717, 1.165) is 42.7 Å². The number of benzene rings is 1. The Hall–Kier alpha value is -2.80. The lowest BCUT2D eigenvalue weighted by Gasteiger charge is -2.33. The minimum atomic E-state index is -0.847. The van der Waals surface area contributed by atoms with Gasteiger partial charge in [0.15, 0.2) is 5.54 Å². The zero-order chi connectivity index (χ0) is 17.7. The number of phenolic OH excluding ortho intramolecular Hbond substituents is 1. The zero-order valence-corrected chi connectivity index (χ0v) is 14.1. The Morgan fingerprint density at radius 2 is 2.00 bits per heavy atom. The van der Waals surface area contributed by atoms with Crippen molar-refractivity contribution in [2.45, 2.75) is 24.3 Å². The maximum absolute atomic E-state index is 10.00. The van der Waals surface area contributed by atoms with Crippen LogP contribution in [-0.4, -0.2) is 35.9 Å². The normalized spacial score (nSPS) is 24.4. The molecule has 0 radical (unpaired) electrons. The summed E-state index contributed by atoms with van der Waals surface area (Å²) in [7, 11) is 0. The SMILES string of the molecule is NC1=N[C@@]2(CO1)c1cc(O)ccc1Oc1ncc(C3CCOCC3)cc12. The molecule has 5 rings (SSSR count). The van der Waals surface area contributed by atoms with Crippen LogP contribution in [0.1, 0.15) is 35.4 Å². The Morgan fingerprint density at radius 3 is 2.77 bits per heavy atom. The number of phenols is 1. The number of nitrogens with two attached hydrogens (primary N) is 1. The molecule has 1 aromatic heterocycles. The van der Waals surface area contributed by atoms with Gasteiger partial charge in [0.05, 0.1) is 5.56 Å². The van der Waals surface area contributed by atoms with E-state index in [9.17, 15) is 5.11 Å². The number of hydrogen-bond acceptors (Lipinski definition) is 7. The van der Waals surface area contributed by atoms with Crippen LogP contribution in [0.15, 0.2) is 35.5 Å². The highest BCUT2D eigenvalue weighted by atomic mass is 16.5. The van der Waals surface area contributed by atoms with Crippen molar-refractivity contribution in [3.05, 3.63) is 47.2 Å². The third-order valence-electron chi connectivity index (χ3n) is 5.36. The second kappa shape index (κ2) is 5.60. The van der Waals surface area contributed by atoms with Crippen LogP contribution in [0.5, 0.6) is 17.4 Å². The third kappa shape index (κ3) is 2.24. The van der Waals surface area contributed by atoms with Crippen LogP contribution in [0.3, 0.4) is 0 Å². The van der Waals surface area contributed by atoms with Gasteiger partial charge < -0.3 is 25.1 Å². The Morgan fingerprint density at radius 1 is 1.15 bits per heavy atom. The van der Waals surface area contributed by atoms with E-state index in [1.165, 1.54) is 0 Å². The lowest BCUT2D eigenvalue weighted by molar-refractivity contribution is 0.0852. The van der Waals surface area contributed by atoms with Gasteiger partial charge in [0.1, 0.15) is 18.1 Å². The molecule has 0 unspecified atom stereocenters. The van der Waals surface area contributed by atoms with Crippen LogP contribution in [0, 0.1) is 0 Å². The van der Waals surface area contributed by atoms with Gasteiger partial charge in [0.25, 0.3) is 6.02 Å². The monoisotopic (exact) mass is 353 g/mol. The summed E-state index contributed by atoms with van der Waals surface area (Å²) < 4.78 is 17.0. The molecule has 3 aliphatic heterocycles. The summed E-state index contributed by atoms with van der Waals surface area (Å²) >= 11 is 0. The fraction of sp³-hybridized carbons (Fsp3) is 0.368. The molecular weight excluding hydrogens is 334 g/mol. The van der Waals surface area contributed by atoms with Gasteiger partial charge in [-0.25, -0.2) is 9.98 Å². The van der Waals surface area contributed by atoms with Crippen LogP contribution < -0.4 is 10.5 Å². The first kappa shape index (κ1) is 15.5. The zero-order valence-electron chi connectivity index (χ0n) is 14.1. The summed E-state index contributed by atoms with van der Waals surface area (Å²) in [4.78, 5) is 9.17. The Labute approximate surface area is 150 Å². The Bertz CT molecular complexity index is 908. The van der Waals surface area contributed by atoms with Crippen molar-refractivity contribution in [1.29, 1.82) is 0 Å². The molecule has 0 amide bonds. The lowest BCUT2D eigenvalue weighted by atomic mass is 9.80. The minimum Gasteiger partial charge on any atom is -0.508 e. The molecule has 0 bridgehead atoms. The van der Waals surface area contributed by atoms with E-state index in [1.807, 2.05) is 6.20 Å². The molecule has 7 heteroatoms. The van der Waals surface area contributed by atoms with Crippen LogP contribution in [0.2, 0.25) is 0 Å². The molecule has 3 N–H and O–H groups in total. The molecule has 26 heavy (non-hydrogen) atoms. The van der Waals surface area contributed by atoms with Gasteiger partial charge in [-0.05, 0) is 48.6 Å². The fourth-order valence-corrected chi connectivity index (χ4v) is 3.99. The van der Waals surface area contributed by atoms with Crippen molar-refractivity contribution in [3.8, 4) is 17.4 Å². The molecule has 134 valence electrons. The topological polar surface area (TPSA) is 99.2 Å². The summed E-state index contributed by atoms with van der Waals surface area (Å²) in [6.45, 7) is 1.77. The number of fused-ring (bicyclic) bond motifs is 4. The molecule has 1 atom stereocenters. The molecule has 0 aliphatic carbocycles.